The van der Waals surface area contributed by atoms with Crippen molar-refractivity contribution < 1.29 is 75.7 Å². The van der Waals surface area contributed by atoms with Gasteiger partial charge < -0.3 is 71.9 Å². The van der Waals surface area contributed by atoms with E-state index in [-0.39, 0.29) is 49.6 Å². The Hall–Kier alpha value is -7.20. The van der Waals surface area contributed by atoms with Gasteiger partial charge in [0.25, 0.3) is 8.32 Å². The van der Waals surface area contributed by atoms with Crippen LogP contribution >= 0.6 is 46.6 Å². The van der Waals surface area contributed by atoms with Crippen molar-refractivity contribution in [1.29, 1.82) is 5.26 Å². The van der Waals surface area contributed by atoms with E-state index in [9.17, 15) is 14.9 Å². The summed E-state index contributed by atoms with van der Waals surface area (Å²) >= 11 is 19.6. The van der Waals surface area contributed by atoms with Crippen LogP contribution in [-0.2, 0) is 39.6 Å². The van der Waals surface area contributed by atoms with Crippen molar-refractivity contribution in [1.82, 2.24) is 15.5 Å². The predicted octanol–water partition coefficient (Wildman–Crippen LogP) is 13.7. The summed E-state index contributed by atoms with van der Waals surface area (Å²) in [5.74, 6) is 1.43. The van der Waals surface area contributed by atoms with E-state index < -0.39 is 90.3 Å². The number of esters is 1. The van der Waals surface area contributed by atoms with Gasteiger partial charge in [-0.1, -0.05) is 123 Å². The third-order valence-electron chi connectivity index (χ3n) is 17.0. The molecule has 0 unspecified atom stereocenters. The molecule has 0 saturated carbocycles. The van der Waals surface area contributed by atoms with Crippen molar-refractivity contribution in [2.24, 2.45) is 0 Å². The molecule has 2 amide bonds. The number of rotatable bonds is 27. The highest BCUT2D eigenvalue weighted by atomic mass is 35.6. The molecule has 0 radical (unpaired) electrons. The number of amides is 2. The van der Waals surface area contributed by atoms with E-state index in [2.05, 4.69) is 63.7 Å². The first-order chi connectivity index (χ1) is 44.6. The Bertz CT molecular complexity index is 3450. The van der Waals surface area contributed by atoms with Crippen LogP contribution in [0.25, 0.3) is 0 Å². The van der Waals surface area contributed by atoms with Crippen molar-refractivity contribution in [3.8, 4) is 52.1 Å². The summed E-state index contributed by atoms with van der Waals surface area (Å²) < 4.78 is 77.1. The summed E-state index contributed by atoms with van der Waals surface area (Å²) in [5.41, 5.74) is 5.17. The van der Waals surface area contributed by atoms with Gasteiger partial charge in [0.15, 0.2) is 23.0 Å². The highest BCUT2D eigenvalue weighted by Crippen LogP contribution is 2.59. The normalized spacial score (nSPS) is 17.7. The number of benzene rings is 5. The minimum Gasteiger partial charge on any atom is -0.541 e. The number of halogens is 3. The molecule has 2 N–H and O–H groups in total. The largest absolute Gasteiger partial charge is 0.541 e. The zero-order chi connectivity index (χ0) is 68.5. The Morgan fingerprint density at radius 1 is 0.787 bits per heavy atom. The molecule has 8 rings (SSSR count). The zero-order valence-corrected chi connectivity index (χ0v) is 59.3. The Morgan fingerprint density at radius 3 is 1.87 bits per heavy atom. The Balaban J connectivity index is 1.31. The number of alkyl carbamates (subject to hydrolysis) is 2. The number of nitriles is 1. The molecule has 0 aliphatic carbocycles. The van der Waals surface area contributed by atoms with E-state index >= 15 is 4.79 Å². The molecule has 6 atom stereocenters. The lowest BCUT2D eigenvalue weighted by molar-refractivity contribution is -0.305. The van der Waals surface area contributed by atoms with Crippen LogP contribution in [-0.4, -0.2) is 139 Å². The Labute approximate surface area is 570 Å². The van der Waals surface area contributed by atoms with E-state index in [1.165, 1.54) is 17.8 Å². The number of carbonyl (C=O) groups is 3. The number of ether oxygens (including phenoxy) is 12. The van der Waals surface area contributed by atoms with Crippen LogP contribution < -0.4 is 48.2 Å². The zero-order valence-electron chi connectivity index (χ0n) is 55.2. The second kappa shape index (κ2) is 30.7. The number of alkyl halides is 3. The quantitative estimate of drug-likeness (QED) is 0.0125. The maximum absolute atomic E-state index is 15.8. The van der Waals surface area contributed by atoms with Gasteiger partial charge in [0, 0.05) is 22.4 Å². The van der Waals surface area contributed by atoms with Gasteiger partial charge in [0.2, 0.25) is 10.6 Å². The fourth-order valence-electron chi connectivity index (χ4n) is 11.6. The van der Waals surface area contributed by atoms with Crippen LogP contribution in [0.15, 0.2) is 110 Å². The highest BCUT2D eigenvalue weighted by molar-refractivity contribution is 8.00. The average Bonchev–Trinajstić information content (AvgIpc) is 1.11. The summed E-state index contributed by atoms with van der Waals surface area (Å²) in [5, 5.41) is 17.6. The van der Waals surface area contributed by atoms with Crippen LogP contribution in [0.4, 0.5) is 9.59 Å². The molecule has 3 heterocycles. The van der Waals surface area contributed by atoms with E-state index in [4.69, 9.17) is 96.1 Å². The van der Waals surface area contributed by atoms with Gasteiger partial charge in [0.05, 0.1) is 64.0 Å². The first kappa shape index (κ1) is 72.6. The molecular formula is C69H83Cl3N4O16SSi. The van der Waals surface area contributed by atoms with Gasteiger partial charge in [-0.2, -0.15) is 5.26 Å². The van der Waals surface area contributed by atoms with Gasteiger partial charge in [-0.3, -0.25) is 4.90 Å². The Kier molecular flexibility index (Phi) is 23.7. The number of carbonyl (C=O) groups excluding carboxylic acids is 3. The second-order valence-corrected chi connectivity index (χ2v) is 33.1. The van der Waals surface area contributed by atoms with E-state index in [1.54, 1.807) is 48.4 Å². The standard InChI is InChI=1S/C69H83Cl3N4O16SSi/c1-16-30-84-59-42(4)60-62(89-40-88-60)56-53(76(54-37-90-67(8,9)91-61(54)57(56)59)52(35-73)50(74-64(78)85-31-17-2)33-43-32-41(3)58(83-13)55(34-43)92-94(14,15)66(5,6)7)36-86-63(77)51(75-65(79)87-39-68(70,71)72)38-93-69(44-18-24-47(80-10)25-19-44,45-20-26-48(81-11)27-21-45)46-22-28-49(82-12)29-23-46/h16-29,32,34,50-54,61H,1-2,30-31,33,36-40H2,3-15H3,(H,74,78)(H,75,79)/t50-,51-,52-,53-,54+,61-/m0/s1. The fraction of sp³-hybridized carbons (Fsp3) is 0.449. The number of fused-ring (bicyclic) bond motifs is 5. The summed E-state index contributed by atoms with van der Waals surface area (Å²) in [6.07, 6.45) is 0.135. The third kappa shape index (κ3) is 16.4. The maximum atomic E-state index is 15.8. The Morgan fingerprint density at radius 2 is 1.35 bits per heavy atom. The SMILES string of the molecule is C=CCOC(=O)N[C@@H](Cc1cc(C)c(OC)c(O[Si](C)(C)C(C)(C)C)c1)[C@H](C#N)N1[C@@H]2COC(C)(C)O[C@@H]2c2c(OCC=C)c(C)c3c(c2[C@@H]1COC(=O)[C@H](CSC(c1ccc(OC)cc1)(c1ccc(OC)cc1)c1ccc(OC)cc1)NC(=O)OCC(Cl)(Cl)Cl)OCO3. The summed E-state index contributed by atoms with van der Waals surface area (Å²) in [4.78, 5) is 45.9. The molecule has 0 spiro atoms. The number of hydrogen-bond acceptors (Lipinski definition) is 19. The summed E-state index contributed by atoms with van der Waals surface area (Å²) in [7, 11) is 3.79. The number of thioether (sulfide) groups is 1. The lowest BCUT2D eigenvalue weighted by Crippen LogP contribution is -2.63. The minimum absolute atomic E-state index is 0.0116. The molecular weight excluding hydrogens is 1310 g/mol. The van der Waals surface area contributed by atoms with Crippen LogP contribution in [0.2, 0.25) is 18.1 Å². The molecule has 1 fully saturated rings. The lowest BCUT2D eigenvalue weighted by atomic mass is 9.80. The van der Waals surface area contributed by atoms with E-state index in [0.29, 0.717) is 62.5 Å². The number of aryl methyl sites for hydroxylation is 1. The van der Waals surface area contributed by atoms with Gasteiger partial charge in [-0.25, -0.2) is 14.4 Å². The summed E-state index contributed by atoms with van der Waals surface area (Å²) in [6, 6.07) is 22.7. The monoisotopic (exact) mass is 1390 g/mol. The van der Waals surface area contributed by atoms with Crippen molar-refractivity contribution in [3.63, 3.8) is 0 Å². The van der Waals surface area contributed by atoms with Crippen molar-refractivity contribution in [2.75, 3.05) is 74.0 Å². The molecule has 1 saturated heterocycles. The van der Waals surface area contributed by atoms with E-state index in [1.807, 2.05) is 104 Å². The smallest absolute Gasteiger partial charge is 0.408 e. The van der Waals surface area contributed by atoms with Gasteiger partial charge in [-0.05, 0) is 123 Å². The van der Waals surface area contributed by atoms with Crippen LogP contribution in [0.3, 0.4) is 0 Å². The lowest BCUT2D eigenvalue weighted by Gasteiger charge is -2.54. The van der Waals surface area contributed by atoms with Crippen LogP contribution in [0.5, 0.6) is 46.0 Å². The maximum Gasteiger partial charge on any atom is 0.408 e. The first-order valence-corrected chi connectivity index (χ1v) is 35.4. The molecule has 20 nitrogen and oxygen atoms in total. The third-order valence-corrected chi connectivity index (χ3v) is 23.3. The minimum atomic E-state index is -2.50. The molecule has 0 bridgehead atoms. The van der Waals surface area contributed by atoms with Crippen LogP contribution in [0.1, 0.15) is 91.3 Å². The van der Waals surface area contributed by atoms with Gasteiger partial charge >= 0.3 is 18.2 Å². The molecule has 25 heteroatoms. The molecule has 5 aromatic carbocycles. The fourth-order valence-corrected chi connectivity index (χ4v) is 14.3. The average molecular weight is 1390 g/mol. The van der Waals surface area contributed by atoms with Crippen molar-refractivity contribution in [2.45, 2.75) is 124 Å². The number of nitrogens with one attached hydrogen (secondary N) is 2. The van der Waals surface area contributed by atoms with Gasteiger partial charge in [0.1, 0.15) is 73.4 Å². The topological polar surface area (TPSA) is 222 Å². The molecule has 94 heavy (non-hydrogen) atoms. The number of methoxy groups -OCH3 is 4. The van der Waals surface area contributed by atoms with Crippen LogP contribution in [0, 0.1) is 25.2 Å². The number of hydrogen-bond donors (Lipinski definition) is 2. The number of nitrogens with zero attached hydrogens (tertiary/aromatic N) is 2. The highest BCUT2D eigenvalue weighted by Gasteiger charge is 2.55. The van der Waals surface area contributed by atoms with Gasteiger partial charge in [-0.15, -0.1) is 11.8 Å². The van der Waals surface area contributed by atoms with E-state index in [0.717, 1.165) is 22.3 Å². The predicted molar refractivity (Wildman–Crippen MR) is 363 cm³/mol. The molecule has 0 aromatic heterocycles. The first-order valence-electron chi connectivity index (χ1n) is 30.4. The molecule has 506 valence electrons. The molecule has 3 aliphatic heterocycles. The molecule has 5 aromatic rings. The van der Waals surface area contributed by atoms with Crippen molar-refractivity contribution >= 4 is 73.0 Å². The summed E-state index contributed by atoms with van der Waals surface area (Å²) in [6.45, 7) is 24.0. The second-order valence-electron chi connectivity index (χ2n) is 24.6. The van der Waals surface area contributed by atoms with Crippen molar-refractivity contribution in [3.05, 3.63) is 155 Å². The molecule has 3 aliphatic rings.